The van der Waals surface area contributed by atoms with Crippen molar-refractivity contribution in [2.75, 3.05) is 5.32 Å². The number of benzene rings is 1. The normalized spacial score (nSPS) is 12.2. The summed E-state index contributed by atoms with van der Waals surface area (Å²) in [7, 11) is 0. The second kappa shape index (κ2) is 8.71. The lowest BCUT2D eigenvalue weighted by molar-refractivity contribution is -0.137. The molecular formula is C17H24ClN3O4. The van der Waals surface area contributed by atoms with E-state index in [1.807, 2.05) is 20.8 Å². The monoisotopic (exact) mass is 369 g/mol. The first kappa shape index (κ1) is 20.8. The molecule has 0 aliphatic heterocycles. The summed E-state index contributed by atoms with van der Waals surface area (Å²) in [6, 6.07) is 3.88. The average Bonchev–Trinajstić information content (AvgIpc) is 2.45. The van der Waals surface area contributed by atoms with Crippen LogP contribution >= 0.6 is 11.6 Å². The molecule has 3 amide bonds. The van der Waals surface area contributed by atoms with Crippen LogP contribution in [0.15, 0.2) is 18.2 Å². The lowest BCUT2D eigenvalue weighted by Gasteiger charge is -2.21. The molecule has 0 fully saturated rings. The second-order valence-electron chi connectivity index (χ2n) is 6.83. The summed E-state index contributed by atoms with van der Waals surface area (Å²) >= 11 is 6.06. The van der Waals surface area contributed by atoms with Crippen LogP contribution in [0.4, 0.5) is 10.5 Å². The first-order chi connectivity index (χ1) is 11.5. The van der Waals surface area contributed by atoms with Gasteiger partial charge in [-0.1, -0.05) is 11.6 Å². The number of carbonyl (C=O) groups excluding carboxylic acids is 2. The van der Waals surface area contributed by atoms with Gasteiger partial charge in [-0.25, -0.2) is 4.79 Å². The van der Waals surface area contributed by atoms with Gasteiger partial charge in [-0.2, -0.15) is 0 Å². The highest BCUT2D eigenvalue weighted by Gasteiger charge is 2.17. The van der Waals surface area contributed by atoms with Crippen molar-refractivity contribution in [3.8, 4) is 0 Å². The maximum Gasteiger partial charge on any atom is 0.319 e. The maximum atomic E-state index is 12.3. The predicted octanol–water partition coefficient (Wildman–Crippen LogP) is 3.24. The molecule has 0 aliphatic carbocycles. The number of amides is 3. The molecule has 1 aromatic carbocycles. The van der Waals surface area contributed by atoms with Gasteiger partial charge in [0.2, 0.25) is 0 Å². The van der Waals surface area contributed by atoms with Crippen molar-refractivity contribution in [3.63, 3.8) is 0 Å². The molecule has 7 nitrogen and oxygen atoms in total. The van der Waals surface area contributed by atoms with Crippen LogP contribution in [0.1, 0.15) is 50.9 Å². The fraction of sp³-hybridized carbons (Fsp3) is 0.471. The van der Waals surface area contributed by atoms with E-state index < -0.39 is 23.4 Å². The molecule has 1 aromatic rings. The Morgan fingerprint density at radius 2 is 1.88 bits per heavy atom. The van der Waals surface area contributed by atoms with Crippen LogP contribution in [0.2, 0.25) is 5.02 Å². The minimum atomic E-state index is -0.921. The van der Waals surface area contributed by atoms with Crippen LogP contribution in [0.3, 0.4) is 0 Å². The molecular weight excluding hydrogens is 346 g/mol. The molecule has 0 spiro atoms. The molecule has 0 bridgehead atoms. The van der Waals surface area contributed by atoms with Gasteiger partial charge in [-0.05, 0) is 52.3 Å². The molecule has 0 saturated heterocycles. The lowest BCUT2D eigenvalue weighted by atomic mass is 10.1. The molecule has 1 rings (SSSR count). The van der Waals surface area contributed by atoms with Gasteiger partial charge in [0, 0.05) is 23.7 Å². The number of carboxylic acids is 1. The minimum absolute atomic E-state index is 0.0379. The van der Waals surface area contributed by atoms with Crippen molar-refractivity contribution in [2.24, 2.45) is 0 Å². The summed E-state index contributed by atoms with van der Waals surface area (Å²) < 4.78 is 0. The summed E-state index contributed by atoms with van der Waals surface area (Å²) in [6.45, 7) is 7.27. The zero-order chi connectivity index (χ0) is 19.2. The van der Waals surface area contributed by atoms with Crippen molar-refractivity contribution in [2.45, 2.75) is 52.1 Å². The molecule has 0 aromatic heterocycles. The van der Waals surface area contributed by atoms with E-state index in [0.717, 1.165) is 0 Å². The van der Waals surface area contributed by atoms with E-state index in [1.165, 1.54) is 12.1 Å². The summed E-state index contributed by atoms with van der Waals surface area (Å²) in [5.74, 6) is -1.35. The summed E-state index contributed by atoms with van der Waals surface area (Å²) in [5.41, 5.74) is 0.239. The van der Waals surface area contributed by atoms with Crippen LogP contribution < -0.4 is 16.0 Å². The number of rotatable bonds is 6. The van der Waals surface area contributed by atoms with Crippen LogP contribution in [0, 0.1) is 0 Å². The smallest absolute Gasteiger partial charge is 0.319 e. The molecule has 1 unspecified atom stereocenters. The van der Waals surface area contributed by atoms with Crippen molar-refractivity contribution in [3.05, 3.63) is 28.8 Å². The van der Waals surface area contributed by atoms with Crippen LogP contribution in [-0.2, 0) is 4.79 Å². The van der Waals surface area contributed by atoms with Gasteiger partial charge in [0.25, 0.3) is 5.91 Å². The van der Waals surface area contributed by atoms with Crippen molar-refractivity contribution in [1.29, 1.82) is 0 Å². The zero-order valence-corrected chi connectivity index (χ0v) is 15.5. The SMILES string of the molecule is CC(CCC(=O)O)NC(=O)c1cc(NC(=O)NC(C)(C)C)ccc1Cl. The van der Waals surface area contributed by atoms with Gasteiger partial charge >= 0.3 is 12.0 Å². The summed E-state index contributed by atoms with van der Waals surface area (Å²) in [6.07, 6.45) is 0.272. The Bertz CT molecular complexity index is 656. The van der Waals surface area contributed by atoms with Crippen molar-refractivity contribution in [1.82, 2.24) is 10.6 Å². The number of nitrogens with one attached hydrogen (secondary N) is 3. The zero-order valence-electron chi connectivity index (χ0n) is 14.8. The van der Waals surface area contributed by atoms with E-state index >= 15 is 0 Å². The molecule has 8 heteroatoms. The van der Waals surface area contributed by atoms with Crippen LogP contribution in [0.5, 0.6) is 0 Å². The maximum absolute atomic E-state index is 12.3. The molecule has 0 heterocycles. The Morgan fingerprint density at radius 1 is 1.24 bits per heavy atom. The van der Waals surface area contributed by atoms with E-state index in [9.17, 15) is 14.4 Å². The van der Waals surface area contributed by atoms with Gasteiger partial charge in [0.05, 0.1) is 10.6 Å². The Labute approximate surface area is 152 Å². The predicted molar refractivity (Wildman–Crippen MR) is 97.2 cm³/mol. The van der Waals surface area contributed by atoms with E-state index in [2.05, 4.69) is 16.0 Å². The summed E-state index contributed by atoms with van der Waals surface area (Å²) in [4.78, 5) is 34.8. The van der Waals surface area contributed by atoms with Gasteiger partial charge in [0.1, 0.15) is 0 Å². The van der Waals surface area contributed by atoms with Crippen LogP contribution in [0.25, 0.3) is 0 Å². The Hall–Kier alpha value is -2.28. The average molecular weight is 370 g/mol. The fourth-order valence-electron chi connectivity index (χ4n) is 1.99. The molecule has 0 aliphatic rings. The molecule has 4 N–H and O–H groups in total. The van der Waals surface area contributed by atoms with Crippen molar-refractivity contribution < 1.29 is 19.5 Å². The third-order valence-electron chi connectivity index (χ3n) is 3.13. The Balaban J connectivity index is 2.78. The first-order valence-electron chi connectivity index (χ1n) is 7.89. The number of hydrogen-bond acceptors (Lipinski definition) is 3. The molecule has 0 radical (unpaired) electrons. The number of halogens is 1. The fourth-order valence-corrected chi connectivity index (χ4v) is 2.20. The second-order valence-corrected chi connectivity index (χ2v) is 7.24. The third kappa shape index (κ3) is 7.89. The van der Waals surface area contributed by atoms with Gasteiger partial charge in [-0.15, -0.1) is 0 Å². The van der Waals surface area contributed by atoms with Gasteiger partial charge < -0.3 is 21.1 Å². The topological polar surface area (TPSA) is 108 Å². The van der Waals surface area contributed by atoms with E-state index in [1.54, 1.807) is 13.0 Å². The number of carbonyl (C=O) groups is 3. The number of urea groups is 1. The highest BCUT2D eigenvalue weighted by atomic mass is 35.5. The molecule has 1 atom stereocenters. The van der Waals surface area contributed by atoms with Crippen molar-refractivity contribution >= 4 is 35.2 Å². The minimum Gasteiger partial charge on any atom is -0.481 e. The molecule has 138 valence electrons. The van der Waals surface area contributed by atoms with E-state index in [4.69, 9.17) is 16.7 Å². The molecule has 0 saturated carbocycles. The first-order valence-corrected chi connectivity index (χ1v) is 8.27. The van der Waals surface area contributed by atoms with E-state index in [-0.39, 0.29) is 23.0 Å². The molecule has 25 heavy (non-hydrogen) atoms. The lowest BCUT2D eigenvalue weighted by Crippen LogP contribution is -2.43. The number of hydrogen-bond donors (Lipinski definition) is 4. The van der Waals surface area contributed by atoms with E-state index in [0.29, 0.717) is 12.1 Å². The third-order valence-corrected chi connectivity index (χ3v) is 3.46. The standard InChI is InChI=1S/C17H24ClN3O4/c1-10(5-8-14(22)23)19-15(24)12-9-11(6-7-13(12)18)20-16(25)21-17(2,3)4/h6-7,9-10H,5,8H2,1-4H3,(H,19,24)(H,22,23)(H2,20,21,25). The Kier molecular flexibility index (Phi) is 7.23. The van der Waals surface area contributed by atoms with Gasteiger partial charge in [0.15, 0.2) is 0 Å². The van der Waals surface area contributed by atoms with Crippen LogP contribution in [-0.4, -0.2) is 34.6 Å². The highest BCUT2D eigenvalue weighted by Crippen LogP contribution is 2.21. The quantitative estimate of drug-likeness (QED) is 0.617. The number of anilines is 1. The number of carboxylic acid groups (broad SMARTS) is 1. The highest BCUT2D eigenvalue weighted by molar-refractivity contribution is 6.34. The Morgan fingerprint density at radius 3 is 2.44 bits per heavy atom. The van der Waals surface area contributed by atoms with Gasteiger partial charge in [-0.3, -0.25) is 9.59 Å². The number of aliphatic carboxylic acids is 1. The largest absolute Gasteiger partial charge is 0.481 e. The summed E-state index contributed by atoms with van der Waals surface area (Å²) in [5, 5.41) is 17.0.